The van der Waals surface area contributed by atoms with Crippen LogP contribution in [0.4, 0.5) is 0 Å². The number of thiophene rings is 1. The minimum atomic E-state index is -1.24. The van der Waals surface area contributed by atoms with Crippen molar-refractivity contribution in [3.8, 4) is 0 Å². The molecule has 0 unspecified atom stereocenters. The Hall–Kier alpha value is -1.65. The first-order valence-corrected chi connectivity index (χ1v) is 15.9. The van der Waals surface area contributed by atoms with Gasteiger partial charge in [-0.3, -0.25) is 4.90 Å². The standard InChI is InChI=1S/C27H32ClNSSi/c1-5-13-27(14-10-21(11-15-27)20-31(2,3)4)26-17-23-19-29(16-12-25(23)30-26)18-22-8-6-7-9-24(22)28/h5-11,14-15,17,20H,1,12-13,16,18-19H2,2-4H3. The van der Waals surface area contributed by atoms with Crippen LogP contribution < -0.4 is 0 Å². The van der Waals surface area contributed by atoms with Crippen LogP contribution in [-0.2, 0) is 24.9 Å². The van der Waals surface area contributed by atoms with Crippen molar-refractivity contribution in [3.63, 3.8) is 0 Å². The largest absolute Gasteiger partial charge is 0.294 e. The maximum atomic E-state index is 6.40. The van der Waals surface area contributed by atoms with Crippen molar-refractivity contribution in [1.82, 2.24) is 4.90 Å². The fourth-order valence-electron chi connectivity index (χ4n) is 4.46. The van der Waals surface area contributed by atoms with Gasteiger partial charge >= 0.3 is 0 Å². The van der Waals surface area contributed by atoms with E-state index in [9.17, 15) is 0 Å². The normalized spacial score (nSPS) is 21.2. The molecule has 4 rings (SSSR count). The van der Waals surface area contributed by atoms with Gasteiger partial charge in [0.2, 0.25) is 0 Å². The van der Waals surface area contributed by atoms with Crippen LogP contribution >= 0.6 is 22.9 Å². The number of nitrogens with zero attached hydrogens (tertiary/aromatic N) is 1. The van der Waals surface area contributed by atoms with E-state index in [1.54, 1.807) is 4.88 Å². The molecule has 4 heteroatoms. The number of hydrogen-bond donors (Lipinski definition) is 0. The van der Waals surface area contributed by atoms with Crippen LogP contribution in [0.15, 0.2) is 78.6 Å². The average Bonchev–Trinajstić information content (AvgIpc) is 3.15. The van der Waals surface area contributed by atoms with E-state index in [1.165, 1.54) is 21.6 Å². The number of allylic oxidation sites excluding steroid dienone is 6. The highest BCUT2D eigenvalue weighted by atomic mass is 35.5. The summed E-state index contributed by atoms with van der Waals surface area (Å²) in [5, 5.41) is 0.865. The molecular weight excluding hydrogens is 434 g/mol. The van der Waals surface area contributed by atoms with Crippen LogP contribution in [0.5, 0.6) is 0 Å². The lowest BCUT2D eigenvalue weighted by Gasteiger charge is -2.28. The van der Waals surface area contributed by atoms with E-state index >= 15 is 0 Å². The molecule has 2 heterocycles. The Morgan fingerprint density at radius 1 is 1.19 bits per heavy atom. The van der Waals surface area contributed by atoms with Gasteiger partial charge in [0.1, 0.15) is 0 Å². The lowest BCUT2D eigenvalue weighted by atomic mass is 9.78. The molecular formula is C27H32ClNSSi. The Morgan fingerprint density at radius 2 is 1.94 bits per heavy atom. The molecule has 1 aliphatic heterocycles. The molecule has 0 bridgehead atoms. The maximum Gasteiger partial charge on any atom is 0.0694 e. The molecule has 31 heavy (non-hydrogen) atoms. The Labute approximate surface area is 197 Å². The molecule has 0 fully saturated rings. The molecule has 0 amide bonds. The van der Waals surface area contributed by atoms with Crippen molar-refractivity contribution in [2.24, 2.45) is 0 Å². The molecule has 0 saturated carbocycles. The van der Waals surface area contributed by atoms with Crippen LogP contribution in [0.3, 0.4) is 0 Å². The lowest BCUT2D eigenvalue weighted by Crippen LogP contribution is -2.29. The van der Waals surface area contributed by atoms with Crippen LogP contribution in [0.1, 0.15) is 27.3 Å². The zero-order valence-corrected chi connectivity index (χ0v) is 21.4. The first-order valence-electron chi connectivity index (χ1n) is 11.1. The summed E-state index contributed by atoms with van der Waals surface area (Å²) in [6.07, 6.45) is 13.6. The molecule has 1 aromatic heterocycles. The van der Waals surface area contributed by atoms with Crippen molar-refractivity contribution < 1.29 is 0 Å². The van der Waals surface area contributed by atoms with Gasteiger partial charge in [-0.25, -0.2) is 0 Å². The van der Waals surface area contributed by atoms with Crippen molar-refractivity contribution >= 4 is 31.0 Å². The molecule has 2 aliphatic rings. The van der Waals surface area contributed by atoms with Gasteiger partial charge in [0, 0.05) is 39.8 Å². The molecule has 1 aliphatic carbocycles. The van der Waals surface area contributed by atoms with Gasteiger partial charge in [-0.05, 0) is 41.7 Å². The Bertz CT molecular complexity index is 1040. The molecule has 0 radical (unpaired) electrons. The lowest BCUT2D eigenvalue weighted by molar-refractivity contribution is 0.247. The first-order chi connectivity index (χ1) is 14.8. The van der Waals surface area contributed by atoms with Gasteiger partial charge in [0.15, 0.2) is 0 Å². The minimum absolute atomic E-state index is 0.0614. The van der Waals surface area contributed by atoms with Gasteiger partial charge in [-0.2, -0.15) is 0 Å². The predicted molar refractivity (Wildman–Crippen MR) is 140 cm³/mol. The summed E-state index contributed by atoms with van der Waals surface area (Å²) in [6.45, 7) is 14.2. The van der Waals surface area contributed by atoms with E-state index in [0.29, 0.717) is 0 Å². The third-order valence-electron chi connectivity index (χ3n) is 5.98. The van der Waals surface area contributed by atoms with Crippen molar-refractivity contribution in [2.45, 2.75) is 51.0 Å². The van der Waals surface area contributed by atoms with E-state index in [0.717, 1.165) is 37.5 Å². The third kappa shape index (κ3) is 5.23. The molecule has 0 saturated heterocycles. The van der Waals surface area contributed by atoms with Crippen LogP contribution in [0.2, 0.25) is 24.7 Å². The smallest absolute Gasteiger partial charge is 0.0694 e. The van der Waals surface area contributed by atoms with Gasteiger partial charge in [-0.15, -0.1) is 17.9 Å². The highest BCUT2D eigenvalue weighted by molar-refractivity contribution is 7.12. The summed E-state index contributed by atoms with van der Waals surface area (Å²) in [7, 11) is -1.24. The van der Waals surface area contributed by atoms with E-state index < -0.39 is 8.07 Å². The minimum Gasteiger partial charge on any atom is -0.294 e. The van der Waals surface area contributed by atoms with Gasteiger partial charge in [-0.1, -0.05) is 85.5 Å². The first kappa shape index (κ1) is 22.5. The predicted octanol–water partition coefficient (Wildman–Crippen LogP) is 7.70. The number of benzene rings is 1. The quantitative estimate of drug-likeness (QED) is 0.312. The summed E-state index contributed by atoms with van der Waals surface area (Å²) in [5.74, 6) is 0. The molecule has 0 atom stereocenters. The SMILES string of the molecule is C=CCC1(c2cc3c(s2)CCN(Cc2ccccc2Cl)C3)C=CC(=C[Si](C)(C)C)C=C1. The Kier molecular flexibility index (Phi) is 6.59. The molecule has 0 N–H and O–H groups in total. The molecule has 162 valence electrons. The van der Waals surface area contributed by atoms with E-state index in [2.05, 4.69) is 85.4 Å². The number of halogens is 1. The van der Waals surface area contributed by atoms with Crippen molar-refractivity contribution in [2.75, 3.05) is 6.54 Å². The van der Waals surface area contributed by atoms with E-state index in [-0.39, 0.29) is 5.41 Å². The third-order valence-corrected chi connectivity index (χ3v) is 8.98. The monoisotopic (exact) mass is 465 g/mol. The van der Waals surface area contributed by atoms with Crippen molar-refractivity contribution in [3.05, 3.63) is 104 Å². The summed E-state index contributed by atoms with van der Waals surface area (Å²) < 4.78 is 0. The fourth-order valence-corrected chi connectivity index (χ4v) is 7.17. The van der Waals surface area contributed by atoms with Crippen LogP contribution in [0, 0.1) is 0 Å². The summed E-state index contributed by atoms with van der Waals surface area (Å²) in [6, 6.07) is 10.6. The number of fused-ring (bicyclic) bond motifs is 1. The summed E-state index contributed by atoms with van der Waals surface area (Å²) in [4.78, 5) is 5.50. The number of hydrogen-bond acceptors (Lipinski definition) is 2. The molecule has 2 aromatic rings. The van der Waals surface area contributed by atoms with Crippen molar-refractivity contribution in [1.29, 1.82) is 0 Å². The Balaban J connectivity index is 1.56. The zero-order valence-electron chi connectivity index (χ0n) is 18.8. The Morgan fingerprint density at radius 3 is 2.61 bits per heavy atom. The van der Waals surface area contributed by atoms with E-state index in [1.807, 2.05) is 23.5 Å². The van der Waals surface area contributed by atoms with E-state index in [4.69, 9.17) is 11.6 Å². The zero-order chi connectivity index (χ0) is 22.1. The average molecular weight is 466 g/mol. The second kappa shape index (κ2) is 9.07. The van der Waals surface area contributed by atoms with Crippen LogP contribution in [-0.4, -0.2) is 19.5 Å². The number of rotatable bonds is 6. The highest BCUT2D eigenvalue weighted by Gasteiger charge is 2.31. The topological polar surface area (TPSA) is 3.24 Å². The molecule has 1 aromatic carbocycles. The highest BCUT2D eigenvalue weighted by Crippen LogP contribution is 2.42. The second-order valence-corrected chi connectivity index (χ2v) is 16.4. The van der Waals surface area contributed by atoms with Gasteiger partial charge in [0.05, 0.1) is 8.07 Å². The summed E-state index contributed by atoms with van der Waals surface area (Å²) >= 11 is 8.40. The van der Waals surface area contributed by atoms with Gasteiger partial charge in [0.25, 0.3) is 0 Å². The van der Waals surface area contributed by atoms with Crippen LogP contribution in [0.25, 0.3) is 0 Å². The fraction of sp³-hybridized carbons (Fsp3) is 0.333. The van der Waals surface area contributed by atoms with Gasteiger partial charge < -0.3 is 0 Å². The second-order valence-electron chi connectivity index (χ2n) is 9.82. The molecule has 0 spiro atoms. The summed E-state index contributed by atoms with van der Waals surface area (Å²) in [5.41, 5.74) is 6.46. The maximum absolute atomic E-state index is 6.40. The molecule has 1 nitrogen and oxygen atoms in total.